The van der Waals surface area contributed by atoms with Crippen LogP contribution in [0, 0.1) is 5.41 Å². The molecule has 0 spiro atoms. The summed E-state index contributed by atoms with van der Waals surface area (Å²) < 4.78 is 0. The van der Waals surface area contributed by atoms with Gasteiger partial charge < -0.3 is 22.5 Å². The number of amides is 1. The molecule has 3 rings (SSSR count). The summed E-state index contributed by atoms with van der Waals surface area (Å²) in [5.41, 5.74) is 19.0. The van der Waals surface area contributed by atoms with E-state index in [1.807, 2.05) is 0 Å². The number of aromatic nitrogens is 2. The van der Waals surface area contributed by atoms with E-state index in [1.165, 1.54) is 0 Å². The van der Waals surface area contributed by atoms with Crippen molar-refractivity contribution in [3.8, 4) is 11.3 Å². The summed E-state index contributed by atoms with van der Waals surface area (Å²) in [6, 6.07) is 5.17. The number of nitrogens with two attached hydrogens (primary N) is 3. The molecule has 0 bridgehead atoms. The fraction of sp³-hybridized carbons (Fsp3) is 0.316. The van der Waals surface area contributed by atoms with Crippen molar-refractivity contribution in [2.24, 2.45) is 16.9 Å². The quantitative estimate of drug-likeness (QED) is 0.425. The predicted molar refractivity (Wildman–Crippen MR) is 122 cm³/mol. The highest BCUT2D eigenvalue weighted by molar-refractivity contribution is 7.21. The molecule has 0 saturated carbocycles. The van der Waals surface area contributed by atoms with E-state index in [2.05, 4.69) is 29.1 Å². The van der Waals surface area contributed by atoms with Gasteiger partial charge in [-0.25, -0.2) is 9.97 Å². The number of benzene rings is 1. The zero-order valence-corrected chi connectivity index (χ0v) is 18.4. The van der Waals surface area contributed by atoms with Crippen LogP contribution in [-0.4, -0.2) is 29.0 Å². The third kappa shape index (κ3) is 4.25. The number of hydrogen-bond acceptors (Lipinski definition) is 7. The van der Waals surface area contributed by atoms with E-state index in [0.717, 1.165) is 17.8 Å². The zero-order chi connectivity index (χ0) is 21.3. The molecule has 3 aromatic rings. The third-order valence-corrected chi connectivity index (χ3v) is 6.88. The maximum Gasteiger partial charge on any atom is 0.260 e. The van der Waals surface area contributed by atoms with Crippen molar-refractivity contribution in [3.63, 3.8) is 0 Å². The van der Waals surface area contributed by atoms with Gasteiger partial charge in [0.1, 0.15) is 9.71 Å². The summed E-state index contributed by atoms with van der Waals surface area (Å²) >= 11 is 13.4. The van der Waals surface area contributed by atoms with Crippen molar-refractivity contribution in [2.45, 2.75) is 20.3 Å². The number of fused-ring (bicyclic) bond motifs is 1. The second-order valence-electron chi connectivity index (χ2n) is 7.14. The minimum atomic E-state index is -0.609. The van der Waals surface area contributed by atoms with Gasteiger partial charge in [-0.1, -0.05) is 43.1 Å². The Hall–Kier alpha value is -2.13. The number of nitrogens with one attached hydrogen (secondary N) is 1. The van der Waals surface area contributed by atoms with Crippen LogP contribution in [0.1, 0.15) is 29.9 Å². The molecule has 0 aliphatic heterocycles. The number of primary amides is 1. The molecule has 154 valence electrons. The number of nitrogen functional groups attached to an aromatic ring is 1. The Morgan fingerprint density at radius 2 is 2.00 bits per heavy atom. The summed E-state index contributed by atoms with van der Waals surface area (Å²) in [4.78, 5) is 21.8. The highest BCUT2D eigenvalue weighted by Gasteiger charge is 2.23. The molecule has 1 aromatic carbocycles. The zero-order valence-electron chi connectivity index (χ0n) is 16.1. The molecule has 0 aliphatic carbocycles. The summed E-state index contributed by atoms with van der Waals surface area (Å²) in [6.07, 6.45) is 0.899. The van der Waals surface area contributed by atoms with Gasteiger partial charge in [0.15, 0.2) is 0 Å². The first-order chi connectivity index (χ1) is 13.7. The van der Waals surface area contributed by atoms with Gasteiger partial charge in [-0.3, -0.25) is 4.79 Å². The van der Waals surface area contributed by atoms with E-state index in [0.29, 0.717) is 50.6 Å². The molecule has 2 aromatic heterocycles. The van der Waals surface area contributed by atoms with Gasteiger partial charge in [0.2, 0.25) is 5.95 Å². The van der Waals surface area contributed by atoms with Crippen LogP contribution in [0.2, 0.25) is 10.0 Å². The van der Waals surface area contributed by atoms with Crippen molar-refractivity contribution >= 4 is 62.3 Å². The molecule has 2 heterocycles. The lowest BCUT2D eigenvalue weighted by Gasteiger charge is -2.26. The molecule has 0 fully saturated rings. The highest BCUT2D eigenvalue weighted by Crippen LogP contribution is 2.40. The maximum absolute atomic E-state index is 11.8. The number of thiophene rings is 1. The summed E-state index contributed by atoms with van der Waals surface area (Å²) in [5, 5.41) is 4.63. The van der Waals surface area contributed by atoms with E-state index >= 15 is 0 Å². The number of nitrogens with zero attached hydrogens (tertiary/aromatic N) is 2. The number of rotatable bonds is 7. The van der Waals surface area contributed by atoms with Crippen molar-refractivity contribution in [3.05, 3.63) is 33.1 Å². The molecular formula is C19H22Cl2N6OS. The fourth-order valence-corrected chi connectivity index (χ4v) is 4.02. The number of anilines is 2. The SMILES string of the molecule is CCC(C)(CN)CNc1nc(-c2ccc(Cl)c(Cl)c2)c2c(N)c(C(N)=O)sc2n1. The molecule has 1 unspecified atom stereocenters. The Bertz CT molecular complexity index is 1080. The molecular weight excluding hydrogens is 431 g/mol. The molecule has 1 amide bonds. The first-order valence-corrected chi connectivity index (χ1v) is 10.6. The third-order valence-electron chi connectivity index (χ3n) is 5.02. The van der Waals surface area contributed by atoms with E-state index in [4.69, 9.17) is 40.4 Å². The largest absolute Gasteiger partial charge is 0.397 e. The lowest BCUT2D eigenvalue weighted by Crippen LogP contribution is -2.34. The average molecular weight is 453 g/mol. The first-order valence-electron chi connectivity index (χ1n) is 8.98. The van der Waals surface area contributed by atoms with E-state index in [-0.39, 0.29) is 16.0 Å². The molecule has 0 saturated heterocycles. The number of halogens is 2. The standard InChI is InChI=1S/C19H22Cl2N6OS/c1-3-19(2,7-22)8-25-18-26-14(9-4-5-10(20)11(21)6-9)12-13(23)15(16(24)28)29-17(12)27-18/h4-6H,3,7-8,22-23H2,1-2H3,(H2,24,28)(H,25,26,27). The van der Waals surface area contributed by atoms with E-state index < -0.39 is 5.91 Å². The van der Waals surface area contributed by atoms with Crippen LogP contribution < -0.4 is 22.5 Å². The summed E-state index contributed by atoms with van der Waals surface area (Å²) in [5.74, 6) is -0.203. The summed E-state index contributed by atoms with van der Waals surface area (Å²) in [7, 11) is 0. The van der Waals surface area contributed by atoms with Crippen LogP contribution in [-0.2, 0) is 0 Å². The minimum Gasteiger partial charge on any atom is -0.397 e. The Kier molecular flexibility index (Phi) is 6.19. The van der Waals surface area contributed by atoms with Crippen molar-refractivity contribution < 1.29 is 4.79 Å². The molecule has 1 atom stereocenters. The van der Waals surface area contributed by atoms with E-state index in [9.17, 15) is 4.79 Å². The van der Waals surface area contributed by atoms with E-state index in [1.54, 1.807) is 18.2 Å². The van der Waals surface area contributed by atoms with Gasteiger partial charge in [-0.15, -0.1) is 11.3 Å². The predicted octanol–water partition coefficient (Wildman–Crippen LogP) is 4.13. The Balaban J connectivity index is 2.17. The van der Waals surface area contributed by atoms with Crippen molar-refractivity contribution in [1.82, 2.24) is 9.97 Å². The molecule has 7 N–H and O–H groups in total. The topological polar surface area (TPSA) is 133 Å². The van der Waals surface area contributed by atoms with Crippen molar-refractivity contribution in [2.75, 3.05) is 24.1 Å². The normalized spacial score (nSPS) is 13.4. The Morgan fingerprint density at radius 1 is 1.28 bits per heavy atom. The average Bonchev–Trinajstić information content (AvgIpc) is 3.04. The van der Waals surface area contributed by atoms with Gasteiger partial charge in [0, 0.05) is 12.1 Å². The molecule has 0 aliphatic rings. The second kappa shape index (κ2) is 8.31. The smallest absolute Gasteiger partial charge is 0.260 e. The lowest BCUT2D eigenvalue weighted by atomic mass is 9.88. The van der Waals surface area contributed by atoms with Gasteiger partial charge in [0.25, 0.3) is 5.91 Å². The van der Waals surface area contributed by atoms with Gasteiger partial charge in [-0.05, 0) is 30.5 Å². The van der Waals surface area contributed by atoms with Crippen LogP contribution in [0.5, 0.6) is 0 Å². The fourth-order valence-electron chi connectivity index (χ4n) is 2.77. The second-order valence-corrected chi connectivity index (χ2v) is 8.95. The number of carbonyl (C=O) groups excluding carboxylic acids is 1. The number of carbonyl (C=O) groups is 1. The summed E-state index contributed by atoms with van der Waals surface area (Å²) in [6.45, 7) is 5.29. The number of hydrogen-bond donors (Lipinski definition) is 4. The molecule has 29 heavy (non-hydrogen) atoms. The molecule has 10 heteroatoms. The van der Waals surface area contributed by atoms with Gasteiger partial charge in [0.05, 0.1) is 26.8 Å². The van der Waals surface area contributed by atoms with Crippen LogP contribution in [0.25, 0.3) is 21.5 Å². The van der Waals surface area contributed by atoms with Gasteiger partial charge >= 0.3 is 0 Å². The van der Waals surface area contributed by atoms with Crippen LogP contribution in [0.4, 0.5) is 11.6 Å². The molecule has 7 nitrogen and oxygen atoms in total. The Labute approximate surface area is 182 Å². The first kappa shape index (κ1) is 21.6. The minimum absolute atomic E-state index is 0.102. The lowest BCUT2D eigenvalue weighted by molar-refractivity contribution is 0.100. The van der Waals surface area contributed by atoms with Gasteiger partial charge in [-0.2, -0.15) is 0 Å². The van der Waals surface area contributed by atoms with Crippen LogP contribution in [0.3, 0.4) is 0 Å². The molecule has 0 radical (unpaired) electrons. The Morgan fingerprint density at radius 3 is 2.59 bits per heavy atom. The maximum atomic E-state index is 11.8. The van der Waals surface area contributed by atoms with Crippen LogP contribution in [0.15, 0.2) is 18.2 Å². The van der Waals surface area contributed by atoms with Crippen LogP contribution >= 0.6 is 34.5 Å². The highest BCUT2D eigenvalue weighted by atomic mass is 35.5. The van der Waals surface area contributed by atoms with Crippen molar-refractivity contribution in [1.29, 1.82) is 0 Å². The monoisotopic (exact) mass is 452 g/mol.